The van der Waals surface area contributed by atoms with Crippen LogP contribution in [0.1, 0.15) is 12.5 Å². The van der Waals surface area contributed by atoms with E-state index in [4.69, 9.17) is 30.6 Å². The molecule has 2 aromatic heterocycles. The van der Waals surface area contributed by atoms with Crippen LogP contribution in [0.5, 0.6) is 0 Å². The molecule has 0 saturated carbocycles. The number of nitrogens with two attached hydrogens (primary N) is 1. The molecule has 2 aromatic rings. The van der Waals surface area contributed by atoms with Gasteiger partial charge in [0, 0.05) is 12.4 Å². The lowest BCUT2D eigenvalue weighted by Gasteiger charge is -2.16. The van der Waals surface area contributed by atoms with Crippen molar-refractivity contribution in [3.8, 4) is 0 Å². The summed E-state index contributed by atoms with van der Waals surface area (Å²) >= 11 is 0. The van der Waals surface area contributed by atoms with Crippen molar-refractivity contribution in [2.75, 3.05) is 24.4 Å². The molecule has 0 amide bonds. The van der Waals surface area contributed by atoms with Gasteiger partial charge in [-0.25, -0.2) is 9.59 Å². The molecule has 2 aliphatic heterocycles. The fraction of sp³-hybridized carbons (Fsp3) is 0.556. The van der Waals surface area contributed by atoms with Gasteiger partial charge in [0.2, 0.25) is 0 Å². The van der Waals surface area contributed by atoms with E-state index in [0.717, 1.165) is 9.13 Å². The first-order chi connectivity index (χ1) is 16.6. The summed E-state index contributed by atoms with van der Waals surface area (Å²) in [5.74, 6) is 0.000914. The summed E-state index contributed by atoms with van der Waals surface area (Å²) in [4.78, 5) is 30.0. The Morgan fingerprint density at radius 1 is 0.829 bits per heavy atom. The summed E-state index contributed by atoms with van der Waals surface area (Å²) in [6, 6.07) is 2.66. The number of rotatable bonds is 5. The highest BCUT2D eigenvalue weighted by Crippen LogP contribution is 2.29. The Balaban J connectivity index is 0.000000196. The quantitative estimate of drug-likeness (QED) is 0.173. The van der Waals surface area contributed by atoms with E-state index in [1.54, 1.807) is 5.48 Å². The topological polar surface area (TPSA) is 268 Å². The van der Waals surface area contributed by atoms with Crippen LogP contribution in [0.15, 0.2) is 34.1 Å². The summed E-state index contributed by atoms with van der Waals surface area (Å²) in [6.07, 6.45) is -6.76. The minimum Gasteiger partial charge on any atom is -0.394 e. The van der Waals surface area contributed by atoms with Gasteiger partial charge in [0.1, 0.15) is 42.4 Å². The second-order valence-corrected chi connectivity index (χ2v) is 7.61. The Hall–Kier alpha value is -3.00. The van der Waals surface area contributed by atoms with Crippen molar-refractivity contribution in [3.05, 3.63) is 45.5 Å². The first-order valence-corrected chi connectivity index (χ1v) is 10.2. The molecule has 17 nitrogen and oxygen atoms in total. The van der Waals surface area contributed by atoms with Crippen LogP contribution in [0, 0.1) is 0 Å². The lowest BCUT2D eigenvalue weighted by Crippen LogP contribution is -2.36. The molecule has 0 spiro atoms. The summed E-state index contributed by atoms with van der Waals surface area (Å²) in [6.45, 7) is -0.931. The molecule has 2 unspecified atom stereocenters. The zero-order chi connectivity index (χ0) is 25.9. The van der Waals surface area contributed by atoms with Crippen molar-refractivity contribution in [2.45, 2.75) is 49.1 Å². The van der Waals surface area contributed by atoms with Gasteiger partial charge in [-0.2, -0.15) is 9.97 Å². The van der Waals surface area contributed by atoms with Crippen LogP contribution in [0.3, 0.4) is 0 Å². The molecule has 2 saturated heterocycles. The summed E-state index contributed by atoms with van der Waals surface area (Å²) < 4.78 is 12.3. The molecule has 10 N–H and O–H groups in total. The van der Waals surface area contributed by atoms with Crippen LogP contribution >= 0.6 is 0 Å². The van der Waals surface area contributed by atoms with Gasteiger partial charge in [-0.1, -0.05) is 0 Å². The van der Waals surface area contributed by atoms with Gasteiger partial charge in [0.05, 0.1) is 13.2 Å². The highest BCUT2D eigenvalue weighted by atomic mass is 16.6. The molecular formula is C18H26N6O11. The SMILES string of the molecule is Nc1ccn([C@H]2O[C@@H](CO)[C@@H](O)C2O)c(=O)n1.O=c1nc(NO)ccn1[C@H]1O[C@@H](CO)[C@@H](O)C1O. The molecule has 0 radical (unpaired) electrons. The number of nitrogens with one attached hydrogen (secondary N) is 1. The fourth-order valence-electron chi connectivity index (χ4n) is 3.51. The second-order valence-electron chi connectivity index (χ2n) is 7.61. The fourth-order valence-corrected chi connectivity index (χ4v) is 3.51. The summed E-state index contributed by atoms with van der Waals surface area (Å²) in [5.41, 5.74) is 5.56. The van der Waals surface area contributed by atoms with E-state index in [-0.39, 0.29) is 11.6 Å². The monoisotopic (exact) mass is 502 g/mol. The van der Waals surface area contributed by atoms with E-state index < -0.39 is 73.7 Å². The molecule has 4 rings (SSSR count). The van der Waals surface area contributed by atoms with Gasteiger partial charge in [0.15, 0.2) is 18.3 Å². The minimum atomic E-state index is -1.35. The maximum atomic E-state index is 11.6. The van der Waals surface area contributed by atoms with Gasteiger partial charge in [-0.05, 0) is 12.1 Å². The van der Waals surface area contributed by atoms with Crippen molar-refractivity contribution >= 4 is 11.6 Å². The third-order valence-corrected chi connectivity index (χ3v) is 5.38. The number of aromatic nitrogens is 4. The maximum Gasteiger partial charge on any atom is 0.351 e. The third-order valence-electron chi connectivity index (χ3n) is 5.38. The van der Waals surface area contributed by atoms with Crippen LogP contribution in [0.4, 0.5) is 11.6 Å². The smallest absolute Gasteiger partial charge is 0.351 e. The van der Waals surface area contributed by atoms with E-state index in [9.17, 15) is 30.0 Å². The first kappa shape index (κ1) is 26.6. The van der Waals surface area contributed by atoms with Crippen LogP contribution in [-0.4, -0.2) is 105 Å². The van der Waals surface area contributed by atoms with Gasteiger partial charge < -0.3 is 45.8 Å². The lowest BCUT2D eigenvalue weighted by molar-refractivity contribution is -0.0549. The average molecular weight is 502 g/mol. The molecule has 194 valence electrons. The predicted molar refractivity (Wildman–Crippen MR) is 113 cm³/mol. The van der Waals surface area contributed by atoms with Gasteiger partial charge in [-0.3, -0.25) is 19.8 Å². The Bertz CT molecular complexity index is 1110. The van der Waals surface area contributed by atoms with E-state index in [1.807, 2.05) is 0 Å². The number of hydrogen-bond acceptors (Lipinski definition) is 15. The number of aliphatic hydroxyl groups excluding tert-OH is 6. The number of nitrogens with zero attached hydrogens (tertiary/aromatic N) is 4. The molecular weight excluding hydrogens is 476 g/mol. The standard InChI is InChI=1S/C9H13N3O6.C9H13N3O5/c13-3-4-6(14)7(15)8(18-4)12-2-1-5(11-17)10-9(12)16;10-5-1-2-12(9(16)11-5)8-7(15)6(14)4(3-13)17-8/h1-2,4,6-8,13-15,17H,3H2,(H,10,11,16);1-2,4,6-8,13-15H,3H2,(H2,10,11,16)/t2*4-,6+,7?,8-/m00/s1. The van der Waals surface area contributed by atoms with Crippen molar-refractivity contribution in [3.63, 3.8) is 0 Å². The Morgan fingerprint density at radius 2 is 1.29 bits per heavy atom. The molecule has 0 aliphatic carbocycles. The van der Waals surface area contributed by atoms with Crippen molar-refractivity contribution in [1.29, 1.82) is 0 Å². The molecule has 2 aliphatic rings. The maximum absolute atomic E-state index is 11.6. The van der Waals surface area contributed by atoms with Crippen LogP contribution in [0.25, 0.3) is 0 Å². The molecule has 0 bridgehead atoms. The third kappa shape index (κ3) is 5.48. The van der Waals surface area contributed by atoms with Gasteiger partial charge in [-0.15, -0.1) is 0 Å². The largest absolute Gasteiger partial charge is 0.394 e. The number of hydrogen-bond donors (Lipinski definition) is 9. The zero-order valence-electron chi connectivity index (χ0n) is 18.0. The van der Waals surface area contributed by atoms with Crippen molar-refractivity contribution in [2.24, 2.45) is 0 Å². The lowest BCUT2D eigenvalue weighted by atomic mass is 10.1. The second kappa shape index (κ2) is 11.2. The number of aliphatic hydroxyl groups is 6. The minimum absolute atomic E-state index is 0.0528. The number of ether oxygens (including phenoxy) is 2. The number of nitrogen functional groups attached to an aromatic ring is 1. The number of anilines is 2. The Morgan fingerprint density at radius 3 is 1.66 bits per heavy atom. The molecule has 17 heteroatoms. The van der Waals surface area contributed by atoms with E-state index in [1.165, 1.54) is 24.5 Å². The normalized spacial score (nSPS) is 32.2. The summed E-state index contributed by atoms with van der Waals surface area (Å²) in [5, 5.41) is 64.9. The van der Waals surface area contributed by atoms with Crippen LogP contribution in [0.2, 0.25) is 0 Å². The van der Waals surface area contributed by atoms with E-state index >= 15 is 0 Å². The molecule has 2 fully saturated rings. The predicted octanol–water partition coefficient (Wildman–Crippen LogP) is -4.91. The average Bonchev–Trinajstić information content (AvgIpc) is 3.29. The van der Waals surface area contributed by atoms with Crippen LogP contribution < -0.4 is 22.6 Å². The molecule has 4 heterocycles. The molecule has 35 heavy (non-hydrogen) atoms. The highest BCUT2D eigenvalue weighted by Gasteiger charge is 2.44. The highest BCUT2D eigenvalue weighted by molar-refractivity contribution is 5.28. The zero-order valence-corrected chi connectivity index (χ0v) is 18.0. The van der Waals surface area contributed by atoms with Gasteiger partial charge >= 0.3 is 11.4 Å². The Labute approximate surface area is 195 Å². The van der Waals surface area contributed by atoms with E-state index in [0.29, 0.717) is 0 Å². The van der Waals surface area contributed by atoms with Gasteiger partial charge in [0.25, 0.3) is 0 Å². The summed E-state index contributed by atoms with van der Waals surface area (Å²) in [7, 11) is 0. The van der Waals surface area contributed by atoms with E-state index in [2.05, 4.69) is 9.97 Å². The van der Waals surface area contributed by atoms with Crippen molar-refractivity contribution in [1.82, 2.24) is 19.1 Å². The first-order valence-electron chi connectivity index (χ1n) is 10.2. The van der Waals surface area contributed by atoms with Crippen LogP contribution in [-0.2, 0) is 9.47 Å². The molecule has 0 aromatic carbocycles. The molecule has 8 atom stereocenters. The Kier molecular flexibility index (Phi) is 8.48. The van der Waals surface area contributed by atoms with Crippen molar-refractivity contribution < 1.29 is 45.3 Å².